The highest BCUT2D eigenvalue weighted by atomic mass is 19.4. The van der Waals surface area contributed by atoms with Crippen LogP contribution in [0, 0.1) is 13.8 Å². The van der Waals surface area contributed by atoms with Crippen LogP contribution >= 0.6 is 0 Å². The fourth-order valence-corrected chi connectivity index (χ4v) is 2.33. The lowest BCUT2D eigenvalue weighted by atomic mass is 10.3. The Morgan fingerprint density at radius 2 is 2.00 bits per heavy atom. The van der Waals surface area contributed by atoms with Gasteiger partial charge in [0, 0.05) is 11.4 Å². The Balaban J connectivity index is 1.72. The predicted octanol–water partition coefficient (Wildman–Crippen LogP) is 3.81. The maximum atomic E-state index is 12.7. The number of amides is 1. The summed E-state index contributed by atoms with van der Waals surface area (Å²) >= 11 is 0. The second-order valence-corrected chi connectivity index (χ2v) is 5.71. The van der Waals surface area contributed by atoms with Crippen LogP contribution in [0.25, 0.3) is 0 Å². The standard InChI is InChI=1S/C17H15F3N4O2/c1-10-4-3-5-15(21-10)22-16(25)13-7-6-12(26-13)9-24-11(2)8-14(23-24)17(18,19)20/h3-8H,9H2,1-2H3,(H,21,22,25). The molecule has 0 spiro atoms. The van der Waals surface area contributed by atoms with Gasteiger partial charge in [-0.05, 0) is 44.2 Å². The molecule has 1 amide bonds. The predicted molar refractivity (Wildman–Crippen MR) is 86.7 cm³/mol. The molecule has 3 aromatic heterocycles. The first-order valence-electron chi connectivity index (χ1n) is 7.68. The summed E-state index contributed by atoms with van der Waals surface area (Å²) in [6.07, 6.45) is -4.51. The SMILES string of the molecule is Cc1cccc(NC(=O)c2ccc(Cn3nc(C(F)(F)F)cc3C)o2)n1. The van der Waals surface area contributed by atoms with Gasteiger partial charge in [0.25, 0.3) is 5.91 Å². The van der Waals surface area contributed by atoms with Crippen LogP contribution < -0.4 is 5.32 Å². The van der Waals surface area contributed by atoms with Gasteiger partial charge in [0.1, 0.15) is 11.6 Å². The molecule has 0 fully saturated rings. The van der Waals surface area contributed by atoms with Crippen LogP contribution in [0.4, 0.5) is 19.0 Å². The van der Waals surface area contributed by atoms with Crippen molar-refractivity contribution >= 4 is 11.7 Å². The van der Waals surface area contributed by atoms with Gasteiger partial charge in [0.2, 0.25) is 0 Å². The summed E-state index contributed by atoms with van der Waals surface area (Å²) in [7, 11) is 0. The fraction of sp³-hybridized carbons (Fsp3) is 0.235. The molecule has 1 N–H and O–H groups in total. The van der Waals surface area contributed by atoms with Crippen LogP contribution in [-0.4, -0.2) is 20.7 Å². The number of carbonyl (C=O) groups is 1. The lowest BCUT2D eigenvalue weighted by Crippen LogP contribution is -2.12. The number of anilines is 1. The molecule has 0 bridgehead atoms. The molecule has 0 unspecified atom stereocenters. The summed E-state index contributed by atoms with van der Waals surface area (Å²) in [4.78, 5) is 16.3. The second kappa shape index (κ2) is 6.66. The number of rotatable bonds is 4. The van der Waals surface area contributed by atoms with Gasteiger partial charge in [0.05, 0.1) is 6.54 Å². The Labute approximate surface area is 146 Å². The van der Waals surface area contributed by atoms with Crippen molar-refractivity contribution in [1.29, 1.82) is 0 Å². The molecular weight excluding hydrogens is 349 g/mol. The van der Waals surface area contributed by atoms with Gasteiger partial charge in [0.15, 0.2) is 11.5 Å². The Hall–Kier alpha value is -3.10. The van der Waals surface area contributed by atoms with Crippen LogP contribution in [0.1, 0.15) is 33.4 Å². The van der Waals surface area contributed by atoms with E-state index in [1.807, 2.05) is 0 Å². The number of nitrogens with zero attached hydrogens (tertiary/aromatic N) is 3. The van der Waals surface area contributed by atoms with E-state index in [9.17, 15) is 18.0 Å². The monoisotopic (exact) mass is 364 g/mol. The van der Waals surface area contributed by atoms with Crippen molar-refractivity contribution in [1.82, 2.24) is 14.8 Å². The van der Waals surface area contributed by atoms with E-state index in [0.29, 0.717) is 17.3 Å². The average molecular weight is 364 g/mol. The van der Waals surface area contributed by atoms with Gasteiger partial charge in [-0.15, -0.1) is 0 Å². The van der Waals surface area contributed by atoms with E-state index in [4.69, 9.17) is 4.42 Å². The van der Waals surface area contributed by atoms with Crippen molar-refractivity contribution in [3.63, 3.8) is 0 Å². The summed E-state index contributed by atoms with van der Waals surface area (Å²) < 4.78 is 44.7. The smallest absolute Gasteiger partial charge is 0.435 e. The molecule has 0 aliphatic carbocycles. The summed E-state index contributed by atoms with van der Waals surface area (Å²) in [5, 5.41) is 6.13. The number of hydrogen-bond donors (Lipinski definition) is 1. The Kier molecular flexibility index (Phi) is 4.54. The molecule has 0 aromatic carbocycles. The zero-order chi connectivity index (χ0) is 18.9. The van der Waals surface area contributed by atoms with Gasteiger partial charge in [-0.25, -0.2) is 4.98 Å². The van der Waals surface area contributed by atoms with Crippen molar-refractivity contribution in [3.8, 4) is 0 Å². The van der Waals surface area contributed by atoms with Gasteiger partial charge in [-0.1, -0.05) is 6.07 Å². The van der Waals surface area contributed by atoms with Crippen molar-refractivity contribution in [2.24, 2.45) is 0 Å². The third kappa shape index (κ3) is 3.93. The molecule has 0 aliphatic rings. The number of furan rings is 1. The number of alkyl halides is 3. The quantitative estimate of drug-likeness (QED) is 0.764. The van der Waals surface area contributed by atoms with Crippen LogP contribution in [0.3, 0.4) is 0 Å². The topological polar surface area (TPSA) is 73.0 Å². The molecule has 9 heteroatoms. The first kappa shape index (κ1) is 17.7. The van der Waals surface area contributed by atoms with Gasteiger partial charge in [-0.3, -0.25) is 9.48 Å². The molecule has 0 saturated carbocycles. The van der Waals surface area contributed by atoms with E-state index in [1.54, 1.807) is 25.1 Å². The highest BCUT2D eigenvalue weighted by molar-refractivity contribution is 6.01. The summed E-state index contributed by atoms with van der Waals surface area (Å²) in [5.74, 6) is 0.227. The van der Waals surface area contributed by atoms with Crippen molar-refractivity contribution in [3.05, 3.63) is 65.0 Å². The highest BCUT2D eigenvalue weighted by Crippen LogP contribution is 2.28. The number of aryl methyl sites for hydroxylation is 2. The summed E-state index contributed by atoms with van der Waals surface area (Å²) in [6.45, 7) is 3.29. The minimum Gasteiger partial charge on any atom is -0.454 e. The van der Waals surface area contributed by atoms with Crippen molar-refractivity contribution in [2.45, 2.75) is 26.6 Å². The molecule has 3 heterocycles. The number of nitrogens with one attached hydrogen (secondary N) is 1. The molecule has 26 heavy (non-hydrogen) atoms. The van der Waals surface area contributed by atoms with Gasteiger partial charge in [-0.2, -0.15) is 18.3 Å². The molecule has 0 radical (unpaired) electrons. The summed E-state index contributed by atoms with van der Waals surface area (Å²) in [6, 6.07) is 9.12. The number of pyridine rings is 1. The van der Waals surface area contributed by atoms with Crippen LogP contribution in [0.5, 0.6) is 0 Å². The minimum absolute atomic E-state index is 0.0160. The largest absolute Gasteiger partial charge is 0.454 e. The third-order valence-corrected chi connectivity index (χ3v) is 3.59. The third-order valence-electron chi connectivity index (χ3n) is 3.59. The van der Waals surface area contributed by atoms with Gasteiger partial charge < -0.3 is 9.73 Å². The van der Waals surface area contributed by atoms with Crippen molar-refractivity contribution in [2.75, 3.05) is 5.32 Å². The lowest BCUT2D eigenvalue weighted by Gasteiger charge is -2.04. The second-order valence-electron chi connectivity index (χ2n) is 5.71. The lowest BCUT2D eigenvalue weighted by molar-refractivity contribution is -0.141. The van der Waals surface area contributed by atoms with E-state index in [1.165, 1.54) is 23.7 Å². The number of aromatic nitrogens is 3. The van der Waals surface area contributed by atoms with Gasteiger partial charge >= 0.3 is 6.18 Å². The van der Waals surface area contributed by atoms with E-state index in [0.717, 1.165) is 11.8 Å². The van der Waals surface area contributed by atoms with E-state index in [-0.39, 0.29) is 12.3 Å². The number of hydrogen-bond acceptors (Lipinski definition) is 4. The van der Waals surface area contributed by atoms with Crippen molar-refractivity contribution < 1.29 is 22.4 Å². The molecular formula is C17H15F3N4O2. The molecule has 0 saturated heterocycles. The molecule has 0 atom stereocenters. The Morgan fingerprint density at radius 3 is 2.65 bits per heavy atom. The maximum absolute atomic E-state index is 12.7. The molecule has 3 aromatic rings. The zero-order valence-electron chi connectivity index (χ0n) is 14.0. The highest BCUT2D eigenvalue weighted by Gasteiger charge is 2.34. The van der Waals surface area contributed by atoms with E-state index < -0.39 is 17.8 Å². The Morgan fingerprint density at radius 1 is 1.23 bits per heavy atom. The van der Waals surface area contributed by atoms with Crippen LogP contribution in [0.15, 0.2) is 40.8 Å². The Bertz CT molecular complexity index is 944. The minimum atomic E-state index is -4.51. The first-order chi connectivity index (χ1) is 12.2. The number of carbonyl (C=O) groups excluding carboxylic acids is 1. The van der Waals surface area contributed by atoms with Crippen LogP contribution in [0.2, 0.25) is 0 Å². The normalized spacial score (nSPS) is 11.6. The van der Waals surface area contributed by atoms with Crippen LogP contribution in [-0.2, 0) is 12.7 Å². The molecule has 136 valence electrons. The maximum Gasteiger partial charge on any atom is 0.435 e. The average Bonchev–Trinajstić information content (AvgIpc) is 3.15. The summed E-state index contributed by atoms with van der Waals surface area (Å²) in [5.41, 5.74) is 0.117. The van der Waals surface area contributed by atoms with E-state index >= 15 is 0 Å². The van der Waals surface area contributed by atoms with E-state index in [2.05, 4.69) is 15.4 Å². The molecule has 6 nitrogen and oxygen atoms in total. The molecule has 3 rings (SSSR count). The fourth-order valence-electron chi connectivity index (χ4n) is 2.33. The molecule has 0 aliphatic heterocycles. The number of halogens is 3. The first-order valence-corrected chi connectivity index (χ1v) is 7.68. The zero-order valence-corrected chi connectivity index (χ0v) is 14.0.